The fraction of sp³-hybridized carbons (Fsp3) is 0. The Morgan fingerprint density at radius 3 is 1.21 bits per heavy atom. The van der Waals surface area contributed by atoms with E-state index < -0.39 is 30.0 Å². The number of rotatable bonds is 3. The Balaban J connectivity index is 0.00000240. The van der Waals surface area contributed by atoms with Gasteiger partial charge in [0.15, 0.2) is 0 Å². The second-order valence-corrected chi connectivity index (χ2v) is 9.05. The lowest BCUT2D eigenvalue weighted by molar-refractivity contribution is 0.480. The molecule has 9 heteroatoms. The zero-order chi connectivity index (χ0) is 20.1. The Morgan fingerprint density at radius 2 is 0.862 bits per heavy atom. The highest BCUT2D eigenvalue weighted by Gasteiger charge is 2.26. The van der Waals surface area contributed by atoms with Gasteiger partial charge < -0.3 is 0 Å². The van der Waals surface area contributed by atoms with E-state index in [1.165, 1.54) is 24.3 Å². The van der Waals surface area contributed by atoms with Crippen LogP contribution in [0.25, 0.3) is 32.7 Å². The van der Waals surface area contributed by atoms with Crippen molar-refractivity contribution in [2.45, 2.75) is 9.79 Å². The summed E-state index contributed by atoms with van der Waals surface area (Å²) >= 11 is 0. The second-order valence-electron chi connectivity index (χ2n) is 6.27. The lowest BCUT2D eigenvalue weighted by atomic mass is 9.94. The molecule has 0 atom stereocenters. The van der Waals surface area contributed by atoms with Gasteiger partial charge in [-0.3, -0.25) is 9.11 Å². The van der Waals surface area contributed by atoms with Crippen LogP contribution in [-0.2, 0) is 20.2 Å². The summed E-state index contributed by atoms with van der Waals surface area (Å²) in [4.78, 5) is -0.875. The molecule has 0 amide bonds. The molecule has 0 bridgehead atoms. The highest BCUT2D eigenvalue weighted by Crippen LogP contribution is 2.42. The largest absolute Gasteiger partial charge is 0.295 e. The quantitative estimate of drug-likeness (QED) is 0.453. The Bertz CT molecular complexity index is 1350. The normalized spacial score (nSPS) is 12.1. The van der Waals surface area contributed by atoms with Gasteiger partial charge in [0, 0.05) is 11.1 Å². The lowest BCUT2D eigenvalue weighted by Crippen LogP contribution is -2.06. The van der Waals surface area contributed by atoms with E-state index in [1.807, 2.05) is 0 Å². The lowest BCUT2D eigenvalue weighted by Gasteiger charge is -2.16. The van der Waals surface area contributed by atoms with E-state index in [1.54, 1.807) is 48.5 Å². The van der Waals surface area contributed by atoms with E-state index in [9.17, 15) is 25.9 Å². The first-order valence-electron chi connectivity index (χ1n) is 8.17. The van der Waals surface area contributed by atoms with Gasteiger partial charge in [-0.25, -0.2) is 0 Å². The van der Waals surface area contributed by atoms with Gasteiger partial charge in [0.25, 0.3) is 20.2 Å². The summed E-state index contributed by atoms with van der Waals surface area (Å²) in [6, 6.07) is 19.1. The monoisotopic (exact) mass is 448 g/mol. The molecular formula is C20H16O6S3. The zero-order valence-electron chi connectivity index (χ0n) is 14.8. The summed E-state index contributed by atoms with van der Waals surface area (Å²) in [5.74, 6) is 0. The number of hydrogen-bond donors (Lipinski definition) is 2. The third-order valence-corrected chi connectivity index (χ3v) is 6.38. The minimum absolute atomic E-state index is 0. The molecule has 2 N–H and O–H groups in total. The van der Waals surface area contributed by atoms with Gasteiger partial charge in [0.2, 0.25) is 0 Å². The Kier molecular flexibility index (Phi) is 5.46. The van der Waals surface area contributed by atoms with Gasteiger partial charge >= 0.3 is 0 Å². The van der Waals surface area contributed by atoms with Crippen LogP contribution < -0.4 is 0 Å². The average Bonchev–Trinajstić information content (AvgIpc) is 2.64. The van der Waals surface area contributed by atoms with Gasteiger partial charge in [0.05, 0.1) is 0 Å². The van der Waals surface area contributed by atoms with Crippen molar-refractivity contribution in [3.8, 4) is 11.1 Å². The van der Waals surface area contributed by atoms with Crippen molar-refractivity contribution >= 4 is 55.3 Å². The maximum absolute atomic E-state index is 12.1. The molecule has 4 rings (SSSR count). The number of benzene rings is 4. The van der Waals surface area contributed by atoms with E-state index in [2.05, 4.69) is 0 Å². The predicted octanol–water partition coefficient (Wildman–Crippen LogP) is 4.27. The van der Waals surface area contributed by atoms with Crippen LogP contribution >= 0.6 is 13.5 Å². The van der Waals surface area contributed by atoms with Crippen LogP contribution in [0.5, 0.6) is 0 Å². The van der Waals surface area contributed by atoms with Crippen molar-refractivity contribution in [3.05, 3.63) is 72.8 Å². The first-order chi connectivity index (χ1) is 13.2. The molecule has 0 saturated carbocycles. The van der Waals surface area contributed by atoms with Crippen LogP contribution in [0, 0.1) is 0 Å². The van der Waals surface area contributed by atoms with Crippen LogP contribution in [-0.4, -0.2) is 25.9 Å². The van der Waals surface area contributed by atoms with Crippen LogP contribution in [0.3, 0.4) is 0 Å². The molecule has 0 heterocycles. The molecule has 4 aromatic rings. The van der Waals surface area contributed by atoms with E-state index in [0.29, 0.717) is 21.5 Å². The molecule has 0 aliphatic carbocycles. The molecule has 0 spiro atoms. The van der Waals surface area contributed by atoms with E-state index in [-0.39, 0.29) is 24.6 Å². The van der Waals surface area contributed by atoms with Crippen molar-refractivity contribution in [1.29, 1.82) is 0 Å². The third kappa shape index (κ3) is 3.75. The Morgan fingerprint density at radius 1 is 0.517 bits per heavy atom. The molecule has 29 heavy (non-hydrogen) atoms. The molecule has 0 saturated heterocycles. The SMILES string of the molecule is O=S(=O)(O)c1ccc2ccccc2c1-c1c(S(=O)(=O)O)ccc2ccccc12.S. The maximum atomic E-state index is 12.1. The summed E-state index contributed by atoms with van der Waals surface area (Å²) in [5.41, 5.74) is 0.0371. The summed E-state index contributed by atoms with van der Waals surface area (Å²) in [6.07, 6.45) is 0. The van der Waals surface area contributed by atoms with E-state index in [0.717, 1.165) is 0 Å². The first kappa shape index (κ1) is 21.3. The molecule has 0 aliphatic heterocycles. The van der Waals surface area contributed by atoms with Gasteiger partial charge in [-0.15, -0.1) is 0 Å². The highest BCUT2D eigenvalue weighted by atomic mass is 32.2. The van der Waals surface area contributed by atoms with Crippen LogP contribution in [0.1, 0.15) is 0 Å². The summed E-state index contributed by atoms with van der Waals surface area (Å²) < 4.78 is 68.1. The van der Waals surface area contributed by atoms with Crippen LogP contribution in [0.4, 0.5) is 0 Å². The first-order valence-corrected chi connectivity index (χ1v) is 11.0. The van der Waals surface area contributed by atoms with E-state index >= 15 is 0 Å². The summed E-state index contributed by atoms with van der Waals surface area (Å²) in [5, 5.41) is 2.16. The standard InChI is InChI=1S/C20H14O6S2.H2S/c21-27(22,23)17-11-9-13-5-1-3-7-15(13)19(17)20-16-8-4-2-6-14(16)10-12-18(20)28(24,25)26;/h1-12H,(H,21,22,23)(H,24,25,26);1H2. The minimum Gasteiger partial charge on any atom is -0.282 e. The molecule has 0 aromatic heterocycles. The zero-order valence-corrected chi connectivity index (χ0v) is 17.4. The third-order valence-electron chi connectivity index (χ3n) is 4.59. The number of hydrogen-bond acceptors (Lipinski definition) is 4. The van der Waals surface area contributed by atoms with Gasteiger partial charge in [-0.2, -0.15) is 30.3 Å². The molecule has 150 valence electrons. The van der Waals surface area contributed by atoms with Crippen molar-refractivity contribution in [2.24, 2.45) is 0 Å². The molecule has 0 aliphatic rings. The highest BCUT2D eigenvalue weighted by molar-refractivity contribution is 7.86. The van der Waals surface area contributed by atoms with Gasteiger partial charge in [-0.1, -0.05) is 60.7 Å². The van der Waals surface area contributed by atoms with Crippen molar-refractivity contribution < 1.29 is 25.9 Å². The number of fused-ring (bicyclic) bond motifs is 2. The van der Waals surface area contributed by atoms with Crippen LogP contribution in [0.15, 0.2) is 82.6 Å². The van der Waals surface area contributed by atoms with Gasteiger partial charge in [-0.05, 0) is 33.7 Å². The smallest absolute Gasteiger partial charge is 0.282 e. The molecular weight excluding hydrogens is 432 g/mol. The van der Waals surface area contributed by atoms with Gasteiger partial charge in [0.1, 0.15) is 9.79 Å². The Labute approximate surface area is 174 Å². The fourth-order valence-electron chi connectivity index (χ4n) is 3.45. The Hall–Kier alpha value is -2.43. The van der Waals surface area contributed by atoms with Crippen molar-refractivity contribution in [3.63, 3.8) is 0 Å². The topological polar surface area (TPSA) is 109 Å². The molecule has 0 radical (unpaired) electrons. The maximum Gasteiger partial charge on any atom is 0.295 e. The molecule has 0 unspecified atom stereocenters. The average molecular weight is 449 g/mol. The predicted molar refractivity (Wildman–Crippen MR) is 117 cm³/mol. The summed E-state index contributed by atoms with van der Waals surface area (Å²) in [7, 11) is -9.36. The summed E-state index contributed by atoms with van der Waals surface area (Å²) in [6.45, 7) is 0. The van der Waals surface area contributed by atoms with Crippen molar-refractivity contribution in [2.75, 3.05) is 0 Å². The second kappa shape index (κ2) is 7.43. The minimum atomic E-state index is -4.68. The molecule has 6 nitrogen and oxygen atoms in total. The fourth-order valence-corrected chi connectivity index (χ4v) is 4.87. The van der Waals surface area contributed by atoms with Crippen molar-refractivity contribution in [1.82, 2.24) is 0 Å². The molecule has 0 fully saturated rings. The van der Waals surface area contributed by atoms with E-state index in [4.69, 9.17) is 0 Å². The van der Waals surface area contributed by atoms with Crippen LogP contribution in [0.2, 0.25) is 0 Å². The molecule has 4 aromatic carbocycles.